The summed E-state index contributed by atoms with van der Waals surface area (Å²) in [4.78, 5) is 19.2. The number of hydrogen-bond donors (Lipinski definition) is 0. The molecule has 0 unspecified atom stereocenters. The lowest BCUT2D eigenvalue weighted by Crippen LogP contribution is -2.30. The Morgan fingerprint density at radius 3 is 2.61 bits per heavy atom. The zero-order valence-electron chi connectivity index (χ0n) is 15.1. The van der Waals surface area contributed by atoms with Gasteiger partial charge >= 0.3 is 0 Å². The van der Waals surface area contributed by atoms with E-state index < -0.39 is 11.7 Å². The van der Waals surface area contributed by atoms with Crippen LogP contribution in [0.4, 0.5) is 9.52 Å². The van der Waals surface area contributed by atoms with Crippen LogP contribution in [-0.2, 0) is 6.54 Å². The van der Waals surface area contributed by atoms with E-state index in [-0.39, 0.29) is 12.1 Å². The fourth-order valence-corrected chi connectivity index (χ4v) is 3.64. The van der Waals surface area contributed by atoms with Crippen LogP contribution in [0.2, 0.25) is 0 Å². The van der Waals surface area contributed by atoms with Gasteiger partial charge in [0.05, 0.1) is 24.1 Å². The van der Waals surface area contributed by atoms with Crippen molar-refractivity contribution in [2.24, 2.45) is 0 Å². The number of amides is 1. The van der Waals surface area contributed by atoms with E-state index in [0.29, 0.717) is 10.9 Å². The highest BCUT2D eigenvalue weighted by Gasteiger charge is 2.24. The van der Waals surface area contributed by atoms with E-state index in [1.165, 1.54) is 28.4 Å². The minimum Gasteiger partial charge on any atom is -0.467 e. The van der Waals surface area contributed by atoms with Crippen LogP contribution >= 0.6 is 11.3 Å². The molecular formula is C22H17FN2O2S. The van der Waals surface area contributed by atoms with Gasteiger partial charge in [-0.25, -0.2) is 9.37 Å². The Labute approximate surface area is 165 Å². The van der Waals surface area contributed by atoms with Gasteiger partial charge in [0.2, 0.25) is 0 Å². The molecule has 0 aliphatic rings. The summed E-state index contributed by atoms with van der Waals surface area (Å²) in [5, 5.41) is 2.38. The van der Waals surface area contributed by atoms with Crippen molar-refractivity contribution < 1.29 is 13.6 Å². The lowest BCUT2D eigenvalue weighted by molar-refractivity contribution is 0.0979. The Kier molecular flexibility index (Phi) is 5.04. The van der Waals surface area contributed by atoms with Gasteiger partial charge in [0.15, 0.2) is 5.13 Å². The van der Waals surface area contributed by atoms with E-state index in [0.717, 1.165) is 16.8 Å². The van der Waals surface area contributed by atoms with Crippen molar-refractivity contribution in [2.45, 2.75) is 13.5 Å². The van der Waals surface area contributed by atoms with Crippen LogP contribution in [0.5, 0.6) is 0 Å². The van der Waals surface area contributed by atoms with Crippen LogP contribution in [0, 0.1) is 12.7 Å². The summed E-state index contributed by atoms with van der Waals surface area (Å²) in [7, 11) is 0. The third kappa shape index (κ3) is 3.73. The number of rotatable bonds is 5. The Bertz CT molecular complexity index is 1090. The Morgan fingerprint density at radius 1 is 1.11 bits per heavy atom. The molecule has 4 rings (SSSR count). The zero-order valence-corrected chi connectivity index (χ0v) is 15.9. The lowest BCUT2D eigenvalue weighted by atomic mass is 10.1. The summed E-state index contributed by atoms with van der Waals surface area (Å²) in [6.07, 6.45) is 1.54. The molecule has 28 heavy (non-hydrogen) atoms. The minimum atomic E-state index is -0.563. The van der Waals surface area contributed by atoms with E-state index in [4.69, 9.17) is 4.42 Å². The van der Waals surface area contributed by atoms with E-state index in [2.05, 4.69) is 4.98 Å². The smallest absolute Gasteiger partial charge is 0.263 e. The fraction of sp³-hybridized carbons (Fsp3) is 0.0909. The van der Waals surface area contributed by atoms with E-state index in [1.54, 1.807) is 30.5 Å². The number of benzene rings is 2. The first-order valence-electron chi connectivity index (χ1n) is 8.73. The maximum Gasteiger partial charge on any atom is 0.263 e. The van der Waals surface area contributed by atoms with Gasteiger partial charge in [0, 0.05) is 10.9 Å². The molecule has 0 bridgehead atoms. The first kappa shape index (κ1) is 18.1. The molecule has 6 heteroatoms. The molecule has 0 saturated carbocycles. The predicted molar refractivity (Wildman–Crippen MR) is 108 cm³/mol. The molecule has 0 saturated heterocycles. The van der Waals surface area contributed by atoms with Crippen LogP contribution in [0.3, 0.4) is 0 Å². The molecule has 4 nitrogen and oxygen atoms in total. The number of halogens is 1. The van der Waals surface area contributed by atoms with Crippen molar-refractivity contribution in [3.63, 3.8) is 0 Å². The predicted octanol–water partition coefficient (Wildman–Crippen LogP) is 5.70. The monoisotopic (exact) mass is 392 g/mol. The van der Waals surface area contributed by atoms with Gasteiger partial charge in [-0.05, 0) is 31.2 Å². The van der Waals surface area contributed by atoms with Gasteiger partial charge in [-0.3, -0.25) is 9.69 Å². The molecule has 140 valence electrons. The molecule has 4 aromatic rings. The molecular weight excluding hydrogens is 375 g/mol. The molecule has 0 spiro atoms. The number of nitrogens with zero attached hydrogens (tertiary/aromatic N) is 2. The normalized spacial score (nSPS) is 10.8. The molecule has 2 aromatic heterocycles. The van der Waals surface area contributed by atoms with Crippen molar-refractivity contribution in [1.29, 1.82) is 0 Å². The van der Waals surface area contributed by atoms with Gasteiger partial charge in [0.25, 0.3) is 5.91 Å². The molecule has 0 aliphatic heterocycles. The maximum absolute atomic E-state index is 14.2. The van der Waals surface area contributed by atoms with E-state index in [9.17, 15) is 9.18 Å². The van der Waals surface area contributed by atoms with E-state index >= 15 is 0 Å². The summed E-state index contributed by atoms with van der Waals surface area (Å²) >= 11 is 1.34. The van der Waals surface area contributed by atoms with Gasteiger partial charge < -0.3 is 4.42 Å². The second kappa shape index (κ2) is 7.78. The third-order valence-electron chi connectivity index (χ3n) is 4.31. The topological polar surface area (TPSA) is 46.3 Å². The summed E-state index contributed by atoms with van der Waals surface area (Å²) in [5.74, 6) is -0.427. The van der Waals surface area contributed by atoms with Crippen molar-refractivity contribution in [3.05, 3.63) is 95.0 Å². The lowest BCUT2D eigenvalue weighted by Gasteiger charge is -2.19. The third-order valence-corrected chi connectivity index (χ3v) is 5.18. The largest absolute Gasteiger partial charge is 0.467 e. The number of hydrogen-bond acceptors (Lipinski definition) is 4. The average molecular weight is 392 g/mol. The standard InChI is InChI=1S/C22H17FN2O2S/c1-15-8-10-16(11-9-15)20-14-28-22(24-20)25(13-17-5-4-12-27-17)21(26)18-6-2-3-7-19(18)23/h2-12,14H,13H2,1H3. The van der Waals surface area contributed by atoms with Crippen molar-refractivity contribution >= 4 is 22.4 Å². The summed E-state index contributed by atoms with van der Waals surface area (Å²) in [5.41, 5.74) is 2.89. The first-order valence-corrected chi connectivity index (χ1v) is 9.61. The van der Waals surface area contributed by atoms with Crippen LogP contribution in [0.1, 0.15) is 21.7 Å². The second-order valence-electron chi connectivity index (χ2n) is 6.33. The van der Waals surface area contributed by atoms with Gasteiger partial charge in [-0.2, -0.15) is 0 Å². The Morgan fingerprint density at radius 2 is 1.89 bits per heavy atom. The zero-order chi connectivity index (χ0) is 19.5. The highest BCUT2D eigenvalue weighted by atomic mass is 32.1. The van der Waals surface area contributed by atoms with E-state index in [1.807, 2.05) is 36.6 Å². The summed E-state index contributed by atoms with van der Waals surface area (Å²) in [6, 6.07) is 17.5. The van der Waals surface area contributed by atoms with Crippen LogP contribution in [0.25, 0.3) is 11.3 Å². The first-order chi connectivity index (χ1) is 13.6. The second-order valence-corrected chi connectivity index (χ2v) is 7.17. The SMILES string of the molecule is Cc1ccc(-c2csc(N(Cc3ccco3)C(=O)c3ccccc3F)n2)cc1. The van der Waals surface area contributed by atoms with Gasteiger partial charge in [-0.15, -0.1) is 11.3 Å². The molecule has 2 aromatic carbocycles. The molecule has 0 N–H and O–H groups in total. The molecule has 0 aliphatic carbocycles. The molecule has 2 heterocycles. The number of carbonyl (C=O) groups is 1. The van der Waals surface area contributed by atoms with Crippen LogP contribution in [0.15, 0.2) is 76.7 Å². The minimum absolute atomic E-state index is 0.00106. The molecule has 1 amide bonds. The van der Waals surface area contributed by atoms with Crippen LogP contribution in [-0.4, -0.2) is 10.9 Å². The summed E-state index contributed by atoms with van der Waals surface area (Å²) < 4.78 is 19.6. The van der Waals surface area contributed by atoms with Crippen molar-refractivity contribution in [1.82, 2.24) is 4.98 Å². The van der Waals surface area contributed by atoms with Crippen molar-refractivity contribution in [3.8, 4) is 11.3 Å². The Balaban J connectivity index is 1.70. The van der Waals surface area contributed by atoms with Gasteiger partial charge in [0.1, 0.15) is 11.6 Å². The fourth-order valence-electron chi connectivity index (χ4n) is 2.81. The van der Waals surface area contributed by atoms with Crippen molar-refractivity contribution in [2.75, 3.05) is 4.90 Å². The number of furan rings is 1. The molecule has 0 fully saturated rings. The maximum atomic E-state index is 14.2. The molecule has 0 radical (unpaired) electrons. The highest BCUT2D eigenvalue weighted by Crippen LogP contribution is 2.30. The van der Waals surface area contributed by atoms with Gasteiger partial charge in [-0.1, -0.05) is 42.0 Å². The Hall–Kier alpha value is -3.25. The number of anilines is 1. The summed E-state index contributed by atoms with van der Waals surface area (Å²) in [6.45, 7) is 2.19. The number of carbonyl (C=O) groups excluding carboxylic acids is 1. The molecule has 0 atom stereocenters. The quantitative estimate of drug-likeness (QED) is 0.438. The number of thiazole rings is 1. The van der Waals surface area contributed by atoms with Crippen LogP contribution < -0.4 is 4.90 Å². The average Bonchev–Trinajstić information content (AvgIpc) is 3.39. The highest BCUT2D eigenvalue weighted by molar-refractivity contribution is 7.14. The number of aromatic nitrogens is 1. The number of aryl methyl sites for hydroxylation is 1.